The zero-order valence-corrected chi connectivity index (χ0v) is 23.5. The van der Waals surface area contributed by atoms with Gasteiger partial charge in [-0.15, -0.1) is 0 Å². The number of pyridine rings is 1. The van der Waals surface area contributed by atoms with E-state index in [9.17, 15) is 0 Å². The second-order valence-electron chi connectivity index (χ2n) is 13.3. The molecule has 0 unspecified atom stereocenters. The standard InChI is InChI=1S/C37H35N/c1-35(2,3)25-13-14-26-28-19-24(12-15-30(28)36(4,5)32(26)21-25)34-33-27(16-17-38-34)29-18-22-10-8-9-11-23(22)20-31(29)37(33,6)7/h8-21H,1-7H3. The average molecular weight is 494 g/mol. The smallest absolute Gasteiger partial charge is 0.0749 e. The first-order valence-electron chi connectivity index (χ1n) is 13.8. The molecule has 0 amide bonds. The minimum Gasteiger partial charge on any atom is -0.256 e. The van der Waals surface area contributed by atoms with Crippen molar-refractivity contribution in [3.05, 3.63) is 113 Å². The van der Waals surface area contributed by atoms with Crippen LogP contribution in [0.1, 0.15) is 76.3 Å². The van der Waals surface area contributed by atoms with E-state index in [-0.39, 0.29) is 16.2 Å². The van der Waals surface area contributed by atoms with Gasteiger partial charge in [-0.1, -0.05) is 103 Å². The van der Waals surface area contributed by atoms with Crippen molar-refractivity contribution in [2.45, 2.75) is 64.7 Å². The molecule has 7 rings (SSSR count). The highest BCUT2D eigenvalue weighted by atomic mass is 14.7. The molecule has 38 heavy (non-hydrogen) atoms. The number of fused-ring (bicyclic) bond motifs is 7. The van der Waals surface area contributed by atoms with E-state index in [1.165, 1.54) is 66.4 Å². The van der Waals surface area contributed by atoms with Crippen LogP contribution in [0, 0.1) is 0 Å². The first-order valence-corrected chi connectivity index (χ1v) is 13.8. The van der Waals surface area contributed by atoms with Crippen molar-refractivity contribution in [1.82, 2.24) is 4.98 Å². The third-order valence-electron chi connectivity index (χ3n) is 9.24. The highest BCUT2D eigenvalue weighted by Crippen LogP contribution is 2.54. The van der Waals surface area contributed by atoms with Crippen LogP contribution in [0.3, 0.4) is 0 Å². The molecule has 0 saturated carbocycles. The SMILES string of the molecule is CC(C)(C)c1ccc2c(c1)C(C)(C)c1ccc(-c3nccc4c3C(C)(C)c3cc5ccccc5cc3-4)cc1-2. The van der Waals surface area contributed by atoms with Gasteiger partial charge in [0.25, 0.3) is 0 Å². The Morgan fingerprint density at radius 2 is 1.26 bits per heavy atom. The lowest BCUT2D eigenvalue weighted by Crippen LogP contribution is -2.18. The molecular weight excluding hydrogens is 458 g/mol. The summed E-state index contributed by atoms with van der Waals surface area (Å²) < 4.78 is 0. The quantitative estimate of drug-likeness (QED) is 0.226. The maximum Gasteiger partial charge on any atom is 0.0749 e. The Balaban J connectivity index is 1.42. The Morgan fingerprint density at radius 1 is 0.579 bits per heavy atom. The lowest BCUT2D eigenvalue weighted by Gasteiger charge is -2.25. The Bertz CT molecular complexity index is 1790. The van der Waals surface area contributed by atoms with Crippen molar-refractivity contribution >= 4 is 10.8 Å². The topological polar surface area (TPSA) is 12.9 Å². The van der Waals surface area contributed by atoms with Crippen LogP contribution in [0.15, 0.2) is 85.1 Å². The molecule has 0 atom stereocenters. The van der Waals surface area contributed by atoms with Gasteiger partial charge in [0.15, 0.2) is 0 Å². The number of rotatable bonds is 1. The van der Waals surface area contributed by atoms with Crippen molar-refractivity contribution in [3.63, 3.8) is 0 Å². The molecule has 0 N–H and O–H groups in total. The van der Waals surface area contributed by atoms with Crippen LogP contribution in [-0.4, -0.2) is 4.98 Å². The zero-order chi connectivity index (χ0) is 26.6. The second-order valence-corrected chi connectivity index (χ2v) is 13.3. The summed E-state index contributed by atoms with van der Waals surface area (Å²) >= 11 is 0. The van der Waals surface area contributed by atoms with Crippen LogP contribution in [0.2, 0.25) is 0 Å². The van der Waals surface area contributed by atoms with Crippen LogP contribution in [0.5, 0.6) is 0 Å². The molecule has 2 aliphatic carbocycles. The van der Waals surface area contributed by atoms with Crippen molar-refractivity contribution in [2.24, 2.45) is 0 Å². The van der Waals surface area contributed by atoms with E-state index in [1.807, 2.05) is 6.20 Å². The Kier molecular flexibility index (Phi) is 4.59. The summed E-state index contributed by atoms with van der Waals surface area (Å²) in [6.45, 7) is 16.3. The van der Waals surface area contributed by atoms with E-state index in [1.54, 1.807) is 0 Å². The van der Waals surface area contributed by atoms with Crippen molar-refractivity contribution in [1.29, 1.82) is 0 Å². The van der Waals surface area contributed by atoms with Gasteiger partial charge in [-0.25, -0.2) is 0 Å². The van der Waals surface area contributed by atoms with Crippen LogP contribution in [0.4, 0.5) is 0 Å². The fourth-order valence-electron chi connectivity index (χ4n) is 7.02. The number of hydrogen-bond acceptors (Lipinski definition) is 1. The average Bonchev–Trinajstić information content (AvgIpc) is 3.26. The molecule has 0 radical (unpaired) electrons. The van der Waals surface area contributed by atoms with Crippen molar-refractivity contribution < 1.29 is 0 Å². The minimum atomic E-state index is -0.129. The highest BCUT2D eigenvalue weighted by Gasteiger charge is 2.40. The van der Waals surface area contributed by atoms with E-state index in [0.717, 1.165) is 5.69 Å². The largest absolute Gasteiger partial charge is 0.256 e. The van der Waals surface area contributed by atoms with Crippen LogP contribution >= 0.6 is 0 Å². The Morgan fingerprint density at radius 3 is 2.00 bits per heavy atom. The van der Waals surface area contributed by atoms with E-state index >= 15 is 0 Å². The Labute approximate surface area is 226 Å². The fraction of sp³-hybridized carbons (Fsp3) is 0.270. The van der Waals surface area contributed by atoms with Gasteiger partial charge in [0.2, 0.25) is 0 Å². The molecule has 188 valence electrons. The van der Waals surface area contributed by atoms with Gasteiger partial charge >= 0.3 is 0 Å². The summed E-state index contributed by atoms with van der Waals surface area (Å²) in [6, 6.07) is 29.8. The molecule has 2 aliphatic rings. The lowest BCUT2D eigenvalue weighted by molar-refractivity contribution is 0.584. The lowest BCUT2D eigenvalue weighted by atomic mass is 9.78. The molecule has 4 aromatic carbocycles. The summed E-state index contributed by atoms with van der Waals surface area (Å²) in [7, 11) is 0. The molecule has 1 heterocycles. The first-order chi connectivity index (χ1) is 18.0. The normalized spacial score (nSPS) is 16.2. The van der Waals surface area contributed by atoms with E-state index in [4.69, 9.17) is 4.98 Å². The summed E-state index contributed by atoms with van der Waals surface area (Å²) in [5.41, 5.74) is 14.6. The van der Waals surface area contributed by atoms with Gasteiger partial charge in [0.05, 0.1) is 5.69 Å². The van der Waals surface area contributed by atoms with E-state index in [2.05, 4.69) is 127 Å². The predicted molar refractivity (Wildman–Crippen MR) is 161 cm³/mol. The molecular formula is C37H35N. The van der Waals surface area contributed by atoms with Gasteiger partial charge in [0.1, 0.15) is 0 Å². The summed E-state index contributed by atoms with van der Waals surface area (Å²) in [6.07, 6.45) is 2.00. The van der Waals surface area contributed by atoms with Gasteiger partial charge < -0.3 is 0 Å². The molecule has 0 bridgehead atoms. The second kappa shape index (κ2) is 7.44. The minimum absolute atomic E-state index is 0.0217. The Hall–Kier alpha value is -3.71. The van der Waals surface area contributed by atoms with Crippen molar-refractivity contribution in [2.75, 3.05) is 0 Å². The van der Waals surface area contributed by atoms with Crippen LogP contribution in [0.25, 0.3) is 44.3 Å². The molecule has 0 fully saturated rings. The molecule has 1 nitrogen and oxygen atoms in total. The summed E-state index contributed by atoms with van der Waals surface area (Å²) in [5, 5.41) is 2.59. The zero-order valence-electron chi connectivity index (χ0n) is 23.5. The first kappa shape index (κ1) is 23.4. The van der Waals surface area contributed by atoms with Crippen LogP contribution in [-0.2, 0) is 16.2 Å². The molecule has 1 heteroatoms. The maximum absolute atomic E-state index is 5.03. The third kappa shape index (κ3) is 3.08. The third-order valence-corrected chi connectivity index (χ3v) is 9.24. The summed E-state index contributed by atoms with van der Waals surface area (Å²) in [5.74, 6) is 0. The van der Waals surface area contributed by atoms with E-state index in [0.29, 0.717) is 0 Å². The summed E-state index contributed by atoms with van der Waals surface area (Å²) in [4.78, 5) is 5.03. The predicted octanol–water partition coefficient (Wildman–Crippen LogP) is 9.81. The van der Waals surface area contributed by atoms with Crippen molar-refractivity contribution in [3.8, 4) is 33.5 Å². The monoisotopic (exact) mass is 493 g/mol. The molecule has 1 aromatic heterocycles. The fourth-order valence-corrected chi connectivity index (χ4v) is 7.02. The van der Waals surface area contributed by atoms with Gasteiger partial charge in [0, 0.05) is 22.6 Å². The maximum atomic E-state index is 5.03. The number of benzene rings is 4. The number of nitrogens with zero attached hydrogens (tertiary/aromatic N) is 1. The number of aromatic nitrogens is 1. The number of hydrogen-bond donors (Lipinski definition) is 0. The van der Waals surface area contributed by atoms with Gasteiger partial charge in [-0.05, 0) is 90.5 Å². The molecule has 0 spiro atoms. The highest BCUT2D eigenvalue weighted by molar-refractivity contribution is 5.96. The van der Waals surface area contributed by atoms with Crippen LogP contribution < -0.4 is 0 Å². The van der Waals surface area contributed by atoms with Gasteiger partial charge in [-0.2, -0.15) is 0 Å². The van der Waals surface area contributed by atoms with Gasteiger partial charge in [-0.3, -0.25) is 4.98 Å². The molecule has 5 aromatic rings. The molecule has 0 saturated heterocycles. The molecule has 0 aliphatic heterocycles. The van der Waals surface area contributed by atoms with E-state index < -0.39 is 0 Å².